The highest BCUT2D eigenvalue weighted by Crippen LogP contribution is 2.05. The highest BCUT2D eigenvalue weighted by Gasteiger charge is 1.98. The molecule has 0 saturated carbocycles. The smallest absolute Gasteiger partial charge is 0.0716 e. The lowest BCUT2D eigenvalue weighted by molar-refractivity contribution is 0.115. The van der Waals surface area contributed by atoms with E-state index in [1.54, 1.807) is 0 Å². The molecule has 2 nitrogen and oxygen atoms in total. The second-order valence-corrected chi connectivity index (χ2v) is 3.71. The molecule has 1 unspecified atom stereocenters. The largest absolute Gasteiger partial charge is 0.377 e. The van der Waals surface area contributed by atoms with E-state index in [0.29, 0.717) is 6.61 Å². The van der Waals surface area contributed by atoms with Gasteiger partial charge in [-0.2, -0.15) is 5.26 Å². The number of nitrogens with zero attached hydrogens (tertiary/aromatic N) is 1. The molecule has 0 amide bonds. The molecule has 0 radical (unpaired) electrons. The molecular weight excluding hydrogens is 186 g/mol. The van der Waals surface area contributed by atoms with Crippen molar-refractivity contribution in [3.63, 3.8) is 0 Å². The Kier molecular flexibility index (Phi) is 5.50. The molecule has 0 aromatic heterocycles. The minimum Gasteiger partial charge on any atom is -0.377 e. The van der Waals surface area contributed by atoms with Gasteiger partial charge in [0.1, 0.15) is 0 Å². The van der Waals surface area contributed by atoms with Crippen molar-refractivity contribution < 1.29 is 4.74 Å². The van der Waals surface area contributed by atoms with Gasteiger partial charge in [-0.1, -0.05) is 30.3 Å². The summed E-state index contributed by atoms with van der Waals surface area (Å²) in [5.74, 6) is 0.144. The molecule has 2 heteroatoms. The molecular formula is C13H17NO. The predicted octanol–water partition coefficient (Wildman–Crippen LogP) is 3.14. The third-order valence-corrected chi connectivity index (χ3v) is 2.26. The third-order valence-electron chi connectivity index (χ3n) is 2.26. The van der Waals surface area contributed by atoms with Gasteiger partial charge in [-0.15, -0.1) is 0 Å². The SMILES string of the molecule is CC(C#N)CCCOCc1ccccc1. The van der Waals surface area contributed by atoms with Gasteiger partial charge in [-0.05, 0) is 25.3 Å². The van der Waals surface area contributed by atoms with E-state index in [1.165, 1.54) is 5.56 Å². The highest BCUT2D eigenvalue weighted by atomic mass is 16.5. The lowest BCUT2D eigenvalue weighted by Gasteiger charge is -2.04. The van der Waals surface area contributed by atoms with Crippen LogP contribution in [0.3, 0.4) is 0 Å². The van der Waals surface area contributed by atoms with Crippen LogP contribution in [-0.2, 0) is 11.3 Å². The molecule has 0 bridgehead atoms. The molecule has 0 aliphatic heterocycles. The van der Waals surface area contributed by atoms with Crippen LogP contribution in [0.15, 0.2) is 30.3 Å². The summed E-state index contributed by atoms with van der Waals surface area (Å²) in [6.45, 7) is 3.35. The molecule has 0 saturated heterocycles. The van der Waals surface area contributed by atoms with Gasteiger partial charge in [-0.25, -0.2) is 0 Å². The minimum atomic E-state index is 0.144. The molecule has 1 aromatic rings. The number of hydrogen-bond acceptors (Lipinski definition) is 2. The third kappa shape index (κ3) is 5.19. The summed E-state index contributed by atoms with van der Waals surface area (Å²) in [5, 5.41) is 8.58. The number of rotatable bonds is 6. The average Bonchev–Trinajstić information content (AvgIpc) is 2.29. The van der Waals surface area contributed by atoms with Gasteiger partial charge in [0.2, 0.25) is 0 Å². The van der Waals surface area contributed by atoms with Crippen LogP contribution in [0.5, 0.6) is 0 Å². The fourth-order valence-corrected chi connectivity index (χ4v) is 1.32. The van der Waals surface area contributed by atoms with Gasteiger partial charge in [0.05, 0.1) is 12.7 Å². The van der Waals surface area contributed by atoms with Crippen molar-refractivity contribution in [2.45, 2.75) is 26.4 Å². The van der Waals surface area contributed by atoms with Crippen molar-refractivity contribution >= 4 is 0 Å². The van der Waals surface area contributed by atoms with Gasteiger partial charge in [0, 0.05) is 12.5 Å². The summed E-state index contributed by atoms with van der Waals surface area (Å²) in [4.78, 5) is 0. The molecule has 0 aliphatic carbocycles. The molecule has 80 valence electrons. The van der Waals surface area contributed by atoms with Gasteiger partial charge in [0.15, 0.2) is 0 Å². The Morgan fingerprint density at radius 3 is 2.73 bits per heavy atom. The quantitative estimate of drug-likeness (QED) is 0.665. The van der Waals surface area contributed by atoms with Crippen molar-refractivity contribution in [1.82, 2.24) is 0 Å². The molecule has 0 heterocycles. The second kappa shape index (κ2) is 7.03. The highest BCUT2D eigenvalue weighted by molar-refractivity contribution is 5.13. The average molecular weight is 203 g/mol. The number of ether oxygens (including phenoxy) is 1. The zero-order chi connectivity index (χ0) is 10.9. The number of nitriles is 1. The molecule has 1 rings (SSSR count). The summed E-state index contributed by atoms with van der Waals surface area (Å²) in [6, 6.07) is 12.3. The summed E-state index contributed by atoms with van der Waals surface area (Å²) < 4.78 is 5.51. The van der Waals surface area contributed by atoms with E-state index in [0.717, 1.165) is 19.4 Å². The molecule has 1 aromatic carbocycles. The van der Waals surface area contributed by atoms with E-state index in [1.807, 2.05) is 25.1 Å². The Bertz CT molecular complexity index is 302. The van der Waals surface area contributed by atoms with Gasteiger partial charge < -0.3 is 4.74 Å². The maximum Gasteiger partial charge on any atom is 0.0716 e. The first-order valence-electron chi connectivity index (χ1n) is 5.34. The second-order valence-electron chi connectivity index (χ2n) is 3.71. The topological polar surface area (TPSA) is 33.0 Å². The maximum absolute atomic E-state index is 8.58. The molecule has 0 aliphatic rings. The Balaban J connectivity index is 2.06. The van der Waals surface area contributed by atoms with E-state index in [4.69, 9.17) is 10.00 Å². The first-order valence-corrected chi connectivity index (χ1v) is 5.34. The van der Waals surface area contributed by atoms with E-state index in [-0.39, 0.29) is 5.92 Å². The first kappa shape index (κ1) is 11.7. The first-order chi connectivity index (χ1) is 7.33. The van der Waals surface area contributed by atoms with Crippen LogP contribution in [0.1, 0.15) is 25.3 Å². The normalized spacial score (nSPS) is 12.0. The Hall–Kier alpha value is -1.33. The summed E-state index contributed by atoms with van der Waals surface area (Å²) >= 11 is 0. The zero-order valence-corrected chi connectivity index (χ0v) is 9.15. The molecule has 0 fully saturated rings. The van der Waals surface area contributed by atoms with Crippen LogP contribution >= 0.6 is 0 Å². The van der Waals surface area contributed by atoms with Crippen LogP contribution in [0, 0.1) is 17.2 Å². The Morgan fingerprint density at radius 2 is 2.07 bits per heavy atom. The van der Waals surface area contributed by atoms with E-state index >= 15 is 0 Å². The van der Waals surface area contributed by atoms with Crippen LogP contribution in [0.25, 0.3) is 0 Å². The van der Waals surface area contributed by atoms with Crippen LogP contribution < -0.4 is 0 Å². The summed E-state index contributed by atoms with van der Waals surface area (Å²) in [6.07, 6.45) is 1.88. The number of benzene rings is 1. The van der Waals surface area contributed by atoms with Crippen molar-refractivity contribution in [2.75, 3.05) is 6.61 Å². The van der Waals surface area contributed by atoms with E-state index in [9.17, 15) is 0 Å². The standard InChI is InChI=1S/C13H17NO/c1-12(10-14)6-5-9-15-11-13-7-3-2-4-8-13/h2-4,7-8,12H,5-6,9,11H2,1H3. The fourth-order valence-electron chi connectivity index (χ4n) is 1.32. The molecule has 0 N–H and O–H groups in total. The Morgan fingerprint density at radius 1 is 1.33 bits per heavy atom. The van der Waals surface area contributed by atoms with Crippen molar-refractivity contribution in [2.24, 2.45) is 5.92 Å². The predicted molar refractivity (Wildman–Crippen MR) is 60.1 cm³/mol. The van der Waals surface area contributed by atoms with Crippen LogP contribution in [0.4, 0.5) is 0 Å². The van der Waals surface area contributed by atoms with Crippen molar-refractivity contribution in [1.29, 1.82) is 5.26 Å². The molecule has 1 atom stereocenters. The van der Waals surface area contributed by atoms with E-state index < -0.39 is 0 Å². The zero-order valence-electron chi connectivity index (χ0n) is 9.15. The van der Waals surface area contributed by atoms with Crippen LogP contribution in [-0.4, -0.2) is 6.61 Å². The minimum absolute atomic E-state index is 0.144. The monoisotopic (exact) mass is 203 g/mol. The lowest BCUT2D eigenvalue weighted by Crippen LogP contribution is -1.98. The molecule has 0 spiro atoms. The number of hydrogen-bond donors (Lipinski definition) is 0. The van der Waals surface area contributed by atoms with Crippen molar-refractivity contribution in [3.05, 3.63) is 35.9 Å². The Labute approximate surface area is 91.5 Å². The van der Waals surface area contributed by atoms with Gasteiger partial charge in [-0.3, -0.25) is 0 Å². The van der Waals surface area contributed by atoms with Crippen LogP contribution in [0.2, 0.25) is 0 Å². The van der Waals surface area contributed by atoms with Gasteiger partial charge >= 0.3 is 0 Å². The van der Waals surface area contributed by atoms with Gasteiger partial charge in [0.25, 0.3) is 0 Å². The van der Waals surface area contributed by atoms with E-state index in [2.05, 4.69) is 18.2 Å². The lowest BCUT2D eigenvalue weighted by atomic mass is 10.1. The summed E-state index contributed by atoms with van der Waals surface area (Å²) in [7, 11) is 0. The molecule has 15 heavy (non-hydrogen) atoms. The van der Waals surface area contributed by atoms with Crippen molar-refractivity contribution in [3.8, 4) is 6.07 Å². The summed E-state index contributed by atoms with van der Waals surface area (Å²) in [5.41, 5.74) is 1.20. The fraction of sp³-hybridized carbons (Fsp3) is 0.462. The maximum atomic E-state index is 8.58.